The Balaban J connectivity index is 1.47. The van der Waals surface area contributed by atoms with Gasteiger partial charge < -0.3 is 10.1 Å². The van der Waals surface area contributed by atoms with Gasteiger partial charge in [-0.15, -0.1) is 0 Å². The Morgan fingerprint density at radius 2 is 1.61 bits per heavy atom. The second-order valence-electron chi connectivity index (χ2n) is 6.17. The van der Waals surface area contributed by atoms with Crippen LogP contribution in [0, 0.1) is 0 Å². The van der Waals surface area contributed by atoms with Crippen LogP contribution in [0.25, 0.3) is 0 Å². The van der Waals surface area contributed by atoms with Crippen molar-refractivity contribution in [1.82, 2.24) is 10.2 Å². The van der Waals surface area contributed by atoms with Gasteiger partial charge in [-0.2, -0.15) is 8.78 Å². The summed E-state index contributed by atoms with van der Waals surface area (Å²) in [5.41, 5.74) is 1.16. The summed E-state index contributed by atoms with van der Waals surface area (Å²) in [6.07, 6.45) is 0.387. The van der Waals surface area contributed by atoms with Gasteiger partial charge in [-0.05, 0) is 24.6 Å². The zero-order valence-corrected chi connectivity index (χ0v) is 14.9. The van der Waals surface area contributed by atoms with Crippen LogP contribution in [-0.2, 0) is 11.3 Å². The predicted molar refractivity (Wildman–Crippen MR) is 96.0 cm³/mol. The molecular weight excluding hydrogens is 370 g/mol. The lowest BCUT2D eigenvalue weighted by Gasteiger charge is -2.14. The van der Waals surface area contributed by atoms with Crippen LogP contribution in [0.1, 0.15) is 39.1 Å². The zero-order valence-electron chi connectivity index (χ0n) is 14.9. The van der Waals surface area contributed by atoms with Gasteiger partial charge >= 0.3 is 6.61 Å². The van der Waals surface area contributed by atoms with Gasteiger partial charge in [-0.25, -0.2) is 0 Å². The number of imide groups is 1. The third-order valence-electron chi connectivity index (χ3n) is 4.33. The van der Waals surface area contributed by atoms with E-state index in [-0.39, 0.29) is 43.0 Å². The van der Waals surface area contributed by atoms with Crippen molar-refractivity contribution in [3.8, 4) is 5.75 Å². The fourth-order valence-electron chi connectivity index (χ4n) is 2.98. The van der Waals surface area contributed by atoms with Crippen molar-refractivity contribution in [2.45, 2.75) is 26.0 Å². The van der Waals surface area contributed by atoms with Gasteiger partial charge in [0.15, 0.2) is 0 Å². The number of fused-ring (bicyclic) bond motifs is 1. The van der Waals surface area contributed by atoms with Crippen molar-refractivity contribution in [3.63, 3.8) is 0 Å². The average Bonchev–Trinajstić information content (AvgIpc) is 2.92. The molecule has 0 unspecified atom stereocenters. The predicted octanol–water partition coefficient (Wildman–Crippen LogP) is 2.98. The van der Waals surface area contributed by atoms with Crippen LogP contribution in [0.5, 0.6) is 5.75 Å². The smallest absolute Gasteiger partial charge is 0.387 e. The van der Waals surface area contributed by atoms with Gasteiger partial charge in [-0.3, -0.25) is 19.3 Å². The van der Waals surface area contributed by atoms with Gasteiger partial charge in [0.1, 0.15) is 5.75 Å². The molecule has 1 N–H and O–H groups in total. The number of rotatable bonds is 8. The molecule has 1 aliphatic heterocycles. The molecule has 3 amide bonds. The van der Waals surface area contributed by atoms with E-state index in [1.54, 1.807) is 42.5 Å². The fraction of sp³-hybridized carbons (Fsp3) is 0.250. The van der Waals surface area contributed by atoms with Crippen LogP contribution in [0.4, 0.5) is 8.78 Å². The second kappa shape index (κ2) is 8.60. The van der Waals surface area contributed by atoms with E-state index in [1.165, 1.54) is 6.07 Å². The highest BCUT2D eigenvalue weighted by molar-refractivity contribution is 6.21. The number of hydrogen-bond acceptors (Lipinski definition) is 4. The number of amides is 3. The maximum Gasteiger partial charge on any atom is 0.387 e. The highest BCUT2D eigenvalue weighted by Crippen LogP contribution is 2.23. The summed E-state index contributed by atoms with van der Waals surface area (Å²) in [6.45, 7) is -2.78. The van der Waals surface area contributed by atoms with Gasteiger partial charge in [0.2, 0.25) is 5.91 Å². The molecule has 1 heterocycles. The summed E-state index contributed by atoms with van der Waals surface area (Å²) in [5, 5.41) is 2.63. The van der Waals surface area contributed by atoms with Crippen molar-refractivity contribution in [1.29, 1.82) is 0 Å². The van der Waals surface area contributed by atoms with Crippen molar-refractivity contribution < 1.29 is 27.9 Å². The molecular formula is C20H18F2N2O4. The third-order valence-corrected chi connectivity index (χ3v) is 4.33. The molecule has 1 aliphatic rings. The molecule has 6 nitrogen and oxygen atoms in total. The van der Waals surface area contributed by atoms with E-state index in [4.69, 9.17) is 0 Å². The summed E-state index contributed by atoms with van der Waals surface area (Å²) < 4.78 is 29.2. The molecule has 0 atom stereocenters. The lowest BCUT2D eigenvalue weighted by Crippen LogP contribution is -2.32. The van der Waals surface area contributed by atoms with Crippen molar-refractivity contribution in [2.75, 3.05) is 6.54 Å². The number of nitrogens with one attached hydrogen (secondary N) is 1. The molecule has 0 saturated carbocycles. The second-order valence-corrected chi connectivity index (χ2v) is 6.17. The first-order valence-electron chi connectivity index (χ1n) is 8.72. The molecule has 2 aromatic carbocycles. The first-order chi connectivity index (χ1) is 13.5. The van der Waals surface area contributed by atoms with E-state index in [0.29, 0.717) is 23.1 Å². The lowest BCUT2D eigenvalue weighted by atomic mass is 10.1. The van der Waals surface area contributed by atoms with Gasteiger partial charge in [0.25, 0.3) is 11.8 Å². The Morgan fingerprint density at radius 1 is 1.00 bits per heavy atom. The molecule has 0 aromatic heterocycles. The minimum atomic E-state index is -2.95. The summed E-state index contributed by atoms with van der Waals surface area (Å²) >= 11 is 0. The van der Waals surface area contributed by atoms with E-state index in [0.717, 1.165) is 4.90 Å². The summed E-state index contributed by atoms with van der Waals surface area (Å²) in [5.74, 6) is -1.04. The maximum absolute atomic E-state index is 12.4. The van der Waals surface area contributed by atoms with E-state index in [2.05, 4.69) is 10.1 Å². The normalized spacial score (nSPS) is 13.0. The molecule has 2 aromatic rings. The van der Waals surface area contributed by atoms with Gasteiger partial charge in [0, 0.05) is 25.1 Å². The molecule has 0 spiro atoms. The van der Waals surface area contributed by atoms with Crippen molar-refractivity contribution >= 4 is 17.7 Å². The summed E-state index contributed by atoms with van der Waals surface area (Å²) in [7, 11) is 0. The number of carbonyl (C=O) groups is 3. The van der Waals surface area contributed by atoms with Gasteiger partial charge in [-0.1, -0.05) is 30.3 Å². The minimum absolute atomic E-state index is 0.00354. The van der Waals surface area contributed by atoms with Crippen molar-refractivity contribution in [3.05, 3.63) is 65.2 Å². The number of carbonyl (C=O) groups excluding carboxylic acids is 3. The number of alkyl halides is 2. The molecule has 0 saturated heterocycles. The van der Waals surface area contributed by atoms with Crippen LogP contribution in [0.15, 0.2) is 48.5 Å². The number of halogens is 2. The van der Waals surface area contributed by atoms with Crippen LogP contribution in [-0.4, -0.2) is 35.8 Å². The third kappa shape index (κ3) is 4.33. The zero-order chi connectivity index (χ0) is 20.1. The van der Waals surface area contributed by atoms with E-state index in [1.807, 2.05) is 0 Å². The van der Waals surface area contributed by atoms with Crippen LogP contribution < -0.4 is 10.1 Å². The molecule has 146 valence electrons. The summed E-state index contributed by atoms with van der Waals surface area (Å²) in [6, 6.07) is 12.8. The van der Waals surface area contributed by atoms with E-state index < -0.39 is 6.61 Å². The minimum Gasteiger partial charge on any atom is -0.434 e. The van der Waals surface area contributed by atoms with Crippen LogP contribution in [0.3, 0.4) is 0 Å². The summed E-state index contributed by atoms with van der Waals surface area (Å²) in [4.78, 5) is 37.6. The Labute approximate surface area is 160 Å². The Kier molecular flexibility index (Phi) is 5.98. The molecule has 28 heavy (non-hydrogen) atoms. The Hall–Kier alpha value is -3.29. The molecule has 0 radical (unpaired) electrons. The van der Waals surface area contributed by atoms with Crippen LogP contribution in [0.2, 0.25) is 0 Å². The molecule has 8 heteroatoms. The quantitative estimate of drug-likeness (QED) is 0.706. The standard InChI is InChI=1S/C20H18F2N2O4/c21-20(22)28-16-9-4-1-6-13(16)12-23-17(25)10-5-11-24-18(26)14-7-2-3-8-15(14)19(24)27/h1-4,6-9,20H,5,10-12H2,(H,23,25). The number of nitrogens with zero attached hydrogens (tertiary/aromatic N) is 1. The topological polar surface area (TPSA) is 75.7 Å². The number of ether oxygens (including phenoxy) is 1. The van der Waals surface area contributed by atoms with E-state index in [9.17, 15) is 23.2 Å². The Morgan fingerprint density at radius 3 is 2.25 bits per heavy atom. The number of benzene rings is 2. The van der Waals surface area contributed by atoms with Crippen LogP contribution >= 0.6 is 0 Å². The first-order valence-corrected chi connectivity index (χ1v) is 8.72. The average molecular weight is 388 g/mol. The largest absolute Gasteiger partial charge is 0.434 e. The molecule has 0 fully saturated rings. The Bertz CT molecular complexity index is 866. The molecule has 3 rings (SSSR count). The lowest BCUT2D eigenvalue weighted by molar-refractivity contribution is -0.121. The van der Waals surface area contributed by atoms with Gasteiger partial charge in [0.05, 0.1) is 11.1 Å². The monoisotopic (exact) mass is 388 g/mol. The SMILES string of the molecule is O=C(CCCN1C(=O)c2ccccc2C1=O)NCc1ccccc1OC(F)F. The number of hydrogen-bond donors (Lipinski definition) is 1. The highest BCUT2D eigenvalue weighted by Gasteiger charge is 2.34. The van der Waals surface area contributed by atoms with E-state index >= 15 is 0 Å². The molecule has 0 bridgehead atoms. The maximum atomic E-state index is 12.4. The molecule has 0 aliphatic carbocycles. The highest BCUT2D eigenvalue weighted by atomic mass is 19.3. The number of para-hydroxylation sites is 1. The first kappa shape index (κ1) is 19.5. The fourth-order valence-corrected chi connectivity index (χ4v) is 2.98. The van der Waals surface area contributed by atoms with Crippen molar-refractivity contribution in [2.24, 2.45) is 0 Å².